The fourth-order valence-electron chi connectivity index (χ4n) is 2.40. The fourth-order valence-corrected chi connectivity index (χ4v) is 2.40. The van der Waals surface area contributed by atoms with Gasteiger partial charge in [0.05, 0.1) is 16.1 Å². The second-order valence-corrected chi connectivity index (χ2v) is 4.88. The van der Waals surface area contributed by atoms with Gasteiger partial charge in [0.1, 0.15) is 12.4 Å². The number of hydrogen-bond donors (Lipinski definition) is 0. The molecular weight excluding hydrogens is 288 g/mol. The van der Waals surface area contributed by atoms with Crippen LogP contribution in [0.1, 0.15) is 27.1 Å². The van der Waals surface area contributed by atoms with Crippen molar-refractivity contribution in [1.82, 2.24) is 14.7 Å². The van der Waals surface area contributed by atoms with E-state index in [-0.39, 0.29) is 24.0 Å². The van der Waals surface area contributed by atoms with Crippen molar-refractivity contribution in [1.29, 1.82) is 0 Å². The molecule has 0 saturated carbocycles. The third kappa shape index (κ3) is 2.34. The summed E-state index contributed by atoms with van der Waals surface area (Å²) in [7, 11) is 0. The van der Waals surface area contributed by atoms with E-state index in [0.29, 0.717) is 24.1 Å². The smallest absolute Gasteiger partial charge is 0.274 e. The fraction of sp³-hybridized carbons (Fsp3) is 0.214. The Kier molecular flexibility index (Phi) is 3.42. The van der Waals surface area contributed by atoms with Gasteiger partial charge in [-0.25, -0.2) is 0 Å². The van der Waals surface area contributed by atoms with Gasteiger partial charge < -0.3 is 0 Å². The maximum Gasteiger partial charge on any atom is 0.306 e. The summed E-state index contributed by atoms with van der Waals surface area (Å²) in [5.74, 6) is -0.598. The quantitative estimate of drug-likeness (QED) is 0.473. The summed E-state index contributed by atoms with van der Waals surface area (Å²) < 4.78 is 1.43. The van der Waals surface area contributed by atoms with Crippen molar-refractivity contribution in [3.8, 4) is 0 Å². The normalized spacial score (nSPS) is 13.5. The van der Waals surface area contributed by atoms with E-state index in [2.05, 4.69) is 5.10 Å². The standard InChI is InChI=1S/C14H12N4O4/c19-13-11-4-1-2-5-12(11)14(20)17(13)7-3-6-16-9-10(8-15-16)18(21)22/h1-2,4-5,8-9H,3,6-7H2. The minimum Gasteiger partial charge on any atom is -0.274 e. The van der Waals surface area contributed by atoms with Gasteiger partial charge in [-0.1, -0.05) is 12.1 Å². The maximum absolute atomic E-state index is 12.1. The minimum absolute atomic E-state index is 0.0827. The highest BCUT2D eigenvalue weighted by Gasteiger charge is 2.34. The molecule has 0 atom stereocenters. The summed E-state index contributed by atoms with van der Waals surface area (Å²) >= 11 is 0. The second kappa shape index (κ2) is 5.40. The molecule has 2 amide bonds. The zero-order chi connectivity index (χ0) is 15.7. The molecule has 0 spiro atoms. The monoisotopic (exact) mass is 300 g/mol. The number of nitrogens with zero attached hydrogens (tertiary/aromatic N) is 4. The summed E-state index contributed by atoms with van der Waals surface area (Å²) in [6.07, 6.45) is 2.97. The van der Waals surface area contributed by atoms with E-state index in [4.69, 9.17) is 0 Å². The number of aryl methyl sites for hydroxylation is 1. The highest BCUT2D eigenvalue weighted by molar-refractivity contribution is 6.21. The van der Waals surface area contributed by atoms with E-state index < -0.39 is 4.92 Å². The first-order valence-electron chi connectivity index (χ1n) is 6.70. The van der Waals surface area contributed by atoms with Crippen LogP contribution in [0.4, 0.5) is 5.69 Å². The van der Waals surface area contributed by atoms with E-state index in [1.165, 1.54) is 22.0 Å². The number of imide groups is 1. The number of carbonyl (C=O) groups is 2. The Morgan fingerprint density at radius 2 is 1.73 bits per heavy atom. The summed E-state index contributed by atoms with van der Waals surface area (Å²) in [4.78, 5) is 35.5. The SMILES string of the molecule is O=C1c2ccccc2C(=O)N1CCCn1cc([N+](=O)[O-])cn1. The molecule has 0 fully saturated rings. The largest absolute Gasteiger partial charge is 0.306 e. The molecule has 112 valence electrons. The van der Waals surface area contributed by atoms with Crippen molar-refractivity contribution in [2.24, 2.45) is 0 Å². The first-order valence-corrected chi connectivity index (χ1v) is 6.70. The third-order valence-corrected chi connectivity index (χ3v) is 3.48. The van der Waals surface area contributed by atoms with Crippen LogP contribution in [-0.2, 0) is 6.54 Å². The van der Waals surface area contributed by atoms with E-state index in [1.54, 1.807) is 24.3 Å². The number of benzene rings is 1. The summed E-state index contributed by atoms with van der Waals surface area (Å²) in [5.41, 5.74) is 0.755. The van der Waals surface area contributed by atoms with Gasteiger partial charge in [0.2, 0.25) is 0 Å². The first-order chi connectivity index (χ1) is 10.6. The lowest BCUT2D eigenvalue weighted by atomic mass is 10.1. The molecule has 8 heteroatoms. The number of fused-ring (bicyclic) bond motifs is 1. The van der Waals surface area contributed by atoms with Crippen LogP contribution in [-0.4, -0.2) is 38.0 Å². The summed E-state index contributed by atoms with van der Waals surface area (Å²) in [6.45, 7) is 0.640. The van der Waals surface area contributed by atoms with Gasteiger partial charge in [0.25, 0.3) is 11.8 Å². The average molecular weight is 300 g/mol. The zero-order valence-electron chi connectivity index (χ0n) is 11.5. The van der Waals surface area contributed by atoms with E-state index in [1.807, 2.05) is 0 Å². The van der Waals surface area contributed by atoms with Crippen LogP contribution < -0.4 is 0 Å². The van der Waals surface area contributed by atoms with Gasteiger partial charge in [-0.15, -0.1) is 0 Å². The molecule has 2 heterocycles. The van der Waals surface area contributed by atoms with Crippen LogP contribution in [0.5, 0.6) is 0 Å². The van der Waals surface area contributed by atoms with Crippen molar-refractivity contribution in [3.05, 3.63) is 57.9 Å². The molecule has 22 heavy (non-hydrogen) atoms. The lowest BCUT2D eigenvalue weighted by molar-refractivity contribution is -0.385. The Balaban J connectivity index is 1.62. The molecule has 1 aliphatic heterocycles. The third-order valence-electron chi connectivity index (χ3n) is 3.48. The topological polar surface area (TPSA) is 98.3 Å². The lowest BCUT2D eigenvalue weighted by Crippen LogP contribution is -2.31. The van der Waals surface area contributed by atoms with Crippen LogP contribution in [0, 0.1) is 10.1 Å². The minimum atomic E-state index is -0.520. The number of hydrogen-bond acceptors (Lipinski definition) is 5. The molecule has 0 saturated heterocycles. The molecule has 3 rings (SSSR count). The Labute approximate surface area is 125 Å². The van der Waals surface area contributed by atoms with Gasteiger partial charge in [-0.3, -0.25) is 29.3 Å². The average Bonchev–Trinajstić information content (AvgIpc) is 3.07. The number of amides is 2. The van der Waals surface area contributed by atoms with Crippen LogP contribution in [0.2, 0.25) is 0 Å². The van der Waals surface area contributed by atoms with Crippen LogP contribution in [0.3, 0.4) is 0 Å². The highest BCUT2D eigenvalue weighted by Crippen LogP contribution is 2.22. The van der Waals surface area contributed by atoms with E-state index in [0.717, 1.165) is 0 Å². The Morgan fingerprint density at radius 1 is 1.09 bits per heavy atom. The molecule has 1 aromatic heterocycles. The van der Waals surface area contributed by atoms with Crippen molar-refractivity contribution in [2.75, 3.05) is 6.54 Å². The molecule has 0 unspecified atom stereocenters. The predicted octanol–water partition coefficient (Wildman–Crippen LogP) is 1.48. The van der Waals surface area contributed by atoms with Gasteiger partial charge in [-0.05, 0) is 18.6 Å². The van der Waals surface area contributed by atoms with Crippen molar-refractivity contribution in [2.45, 2.75) is 13.0 Å². The number of aromatic nitrogens is 2. The Bertz CT molecular complexity index is 733. The summed E-state index contributed by atoms with van der Waals surface area (Å²) in [5, 5.41) is 14.4. The number of rotatable bonds is 5. The number of carbonyl (C=O) groups excluding carboxylic acids is 2. The second-order valence-electron chi connectivity index (χ2n) is 4.88. The van der Waals surface area contributed by atoms with Crippen molar-refractivity contribution >= 4 is 17.5 Å². The van der Waals surface area contributed by atoms with Gasteiger partial charge in [0.15, 0.2) is 0 Å². The van der Waals surface area contributed by atoms with Crippen LogP contribution in [0.15, 0.2) is 36.7 Å². The lowest BCUT2D eigenvalue weighted by Gasteiger charge is -2.13. The zero-order valence-corrected chi connectivity index (χ0v) is 11.5. The molecule has 2 aromatic rings. The van der Waals surface area contributed by atoms with Crippen molar-refractivity contribution < 1.29 is 14.5 Å². The van der Waals surface area contributed by atoms with Gasteiger partial charge in [0, 0.05) is 13.1 Å². The van der Waals surface area contributed by atoms with Gasteiger partial charge in [-0.2, -0.15) is 5.10 Å². The van der Waals surface area contributed by atoms with E-state index in [9.17, 15) is 19.7 Å². The van der Waals surface area contributed by atoms with Crippen LogP contribution in [0.25, 0.3) is 0 Å². The Hall–Kier alpha value is -3.03. The van der Waals surface area contributed by atoms with Gasteiger partial charge >= 0.3 is 5.69 Å². The highest BCUT2D eigenvalue weighted by atomic mass is 16.6. The Morgan fingerprint density at radius 3 is 2.27 bits per heavy atom. The molecular formula is C14H12N4O4. The summed E-state index contributed by atoms with van der Waals surface area (Å²) in [6, 6.07) is 6.70. The van der Waals surface area contributed by atoms with Crippen molar-refractivity contribution in [3.63, 3.8) is 0 Å². The maximum atomic E-state index is 12.1. The molecule has 0 N–H and O–H groups in total. The molecule has 0 aliphatic carbocycles. The molecule has 1 aromatic carbocycles. The molecule has 8 nitrogen and oxygen atoms in total. The van der Waals surface area contributed by atoms with E-state index >= 15 is 0 Å². The molecule has 0 radical (unpaired) electrons. The molecule has 0 bridgehead atoms. The van der Waals surface area contributed by atoms with Crippen LogP contribution >= 0.6 is 0 Å². The first kappa shape index (κ1) is 13.9. The predicted molar refractivity (Wildman–Crippen MR) is 75.3 cm³/mol. The number of nitro groups is 1. The molecule has 1 aliphatic rings.